The Kier molecular flexibility index (Phi) is 13.0. The molecular weight excluding hydrogens is 538 g/mol. The molecular formula is C35H53N5O3. The van der Waals surface area contributed by atoms with Crippen molar-refractivity contribution < 1.29 is 14.3 Å². The van der Waals surface area contributed by atoms with Crippen LogP contribution in [0.25, 0.3) is 0 Å². The quantitative estimate of drug-likeness (QED) is 0.166. The van der Waals surface area contributed by atoms with E-state index in [0.29, 0.717) is 54.6 Å². The zero-order valence-corrected chi connectivity index (χ0v) is 28.0. The van der Waals surface area contributed by atoms with Gasteiger partial charge in [-0.2, -0.15) is 0 Å². The maximum absolute atomic E-state index is 13.4. The minimum absolute atomic E-state index is 0.142. The predicted molar refractivity (Wildman–Crippen MR) is 177 cm³/mol. The molecule has 8 heteroatoms. The van der Waals surface area contributed by atoms with E-state index in [1.807, 2.05) is 63.0 Å². The Hall–Kier alpha value is -3.68. The lowest BCUT2D eigenvalue weighted by Gasteiger charge is -2.33. The molecule has 1 aromatic rings. The van der Waals surface area contributed by atoms with Crippen LogP contribution in [0.15, 0.2) is 47.2 Å². The molecule has 2 amide bonds. The number of methoxy groups -OCH3 is 1. The van der Waals surface area contributed by atoms with Crippen LogP contribution in [0, 0.1) is 16.7 Å². The number of nitrogens with zero attached hydrogens (tertiary/aromatic N) is 2. The molecule has 236 valence electrons. The van der Waals surface area contributed by atoms with E-state index < -0.39 is 0 Å². The van der Waals surface area contributed by atoms with E-state index in [1.165, 1.54) is 0 Å². The summed E-state index contributed by atoms with van der Waals surface area (Å²) in [5.74, 6) is 1.99. The predicted octanol–water partition coefficient (Wildman–Crippen LogP) is 7.40. The smallest absolute Gasteiger partial charge is 0.259 e. The van der Waals surface area contributed by atoms with Gasteiger partial charge in [0.2, 0.25) is 5.91 Å². The highest BCUT2D eigenvalue weighted by atomic mass is 16.5. The van der Waals surface area contributed by atoms with Crippen molar-refractivity contribution in [2.45, 2.75) is 107 Å². The second kappa shape index (κ2) is 15.7. The molecule has 43 heavy (non-hydrogen) atoms. The first-order valence-corrected chi connectivity index (χ1v) is 15.4. The Labute approximate surface area is 259 Å². The highest BCUT2D eigenvalue weighted by Crippen LogP contribution is 2.31. The van der Waals surface area contributed by atoms with Crippen molar-refractivity contribution in [3.05, 3.63) is 63.9 Å². The van der Waals surface area contributed by atoms with Crippen molar-refractivity contribution in [1.29, 1.82) is 10.8 Å². The third-order valence-corrected chi connectivity index (χ3v) is 7.44. The van der Waals surface area contributed by atoms with Gasteiger partial charge >= 0.3 is 0 Å². The lowest BCUT2D eigenvalue weighted by atomic mass is 9.95. The number of rotatable bonds is 8. The molecule has 2 aliphatic rings. The van der Waals surface area contributed by atoms with Gasteiger partial charge in [0, 0.05) is 37.2 Å². The van der Waals surface area contributed by atoms with Gasteiger partial charge in [-0.1, -0.05) is 45.4 Å². The number of benzene rings is 1. The van der Waals surface area contributed by atoms with E-state index in [1.54, 1.807) is 12.0 Å². The minimum atomic E-state index is -0.284. The average molecular weight is 592 g/mol. The topological polar surface area (TPSA) is 110 Å². The van der Waals surface area contributed by atoms with Crippen LogP contribution >= 0.6 is 0 Å². The van der Waals surface area contributed by atoms with E-state index in [4.69, 9.17) is 15.6 Å². The molecule has 0 unspecified atom stereocenters. The molecule has 8 nitrogen and oxygen atoms in total. The third-order valence-electron chi connectivity index (χ3n) is 7.44. The standard InChI is InChI=1S/C31H43N5O3.C4H10/c1-8-10-28(37)35-16-14-22-18-26(39-7)24(17-23(22)19-35)30(38)34-25(20(2)3)12-9-11-21(4)29(33)36-27(32)13-15-31(36,5)6;1-4(2)3/h9,11-12,17-18,32-33H,8,10,13-16,19H2,1-7H3,(H,34,38);4H,1-3H3/b12-9-,21-11+,32-27?,33-29?;. The molecule has 0 aromatic heterocycles. The normalized spacial score (nSPS) is 16.1. The summed E-state index contributed by atoms with van der Waals surface area (Å²) in [5, 5.41) is 19.9. The second-order valence-corrected chi connectivity index (χ2v) is 12.9. The molecule has 1 saturated heterocycles. The SMILES string of the molecule is CC(C)C.CCCC(=O)N1CCc2cc(OC)c(C(=O)NC(/C=C\C=C(/C)C(=N)N3C(=N)CCC3(C)C)=C(C)C)cc2C1. The van der Waals surface area contributed by atoms with Crippen LogP contribution in [0.4, 0.5) is 0 Å². The van der Waals surface area contributed by atoms with Crippen LogP contribution in [0.1, 0.15) is 109 Å². The zero-order chi connectivity index (χ0) is 32.5. The van der Waals surface area contributed by atoms with Crippen molar-refractivity contribution in [3.63, 3.8) is 0 Å². The van der Waals surface area contributed by atoms with Gasteiger partial charge in [-0.3, -0.25) is 20.4 Å². The third kappa shape index (κ3) is 9.66. The number of hydrogen-bond donors (Lipinski definition) is 3. The van der Waals surface area contributed by atoms with Gasteiger partial charge in [-0.15, -0.1) is 0 Å². The number of nitrogens with one attached hydrogen (secondary N) is 3. The summed E-state index contributed by atoms with van der Waals surface area (Å²) in [7, 11) is 1.56. The number of carbonyl (C=O) groups excluding carboxylic acids is 2. The van der Waals surface area contributed by atoms with Gasteiger partial charge in [0.1, 0.15) is 17.4 Å². The van der Waals surface area contributed by atoms with Gasteiger partial charge in [0.25, 0.3) is 5.91 Å². The Morgan fingerprint density at radius 3 is 2.30 bits per heavy atom. The monoisotopic (exact) mass is 591 g/mol. The van der Waals surface area contributed by atoms with Crippen molar-refractivity contribution in [2.24, 2.45) is 5.92 Å². The van der Waals surface area contributed by atoms with Gasteiger partial charge in [-0.25, -0.2) is 0 Å². The molecule has 2 aliphatic heterocycles. The molecule has 0 spiro atoms. The minimum Gasteiger partial charge on any atom is -0.496 e. The Bertz CT molecular complexity index is 1300. The van der Waals surface area contributed by atoms with Crippen LogP contribution in [0.2, 0.25) is 0 Å². The first kappa shape index (κ1) is 35.5. The maximum Gasteiger partial charge on any atom is 0.259 e. The summed E-state index contributed by atoms with van der Waals surface area (Å²) in [6.45, 7) is 19.5. The molecule has 2 heterocycles. The fourth-order valence-electron chi connectivity index (χ4n) is 5.04. The lowest BCUT2D eigenvalue weighted by Crippen LogP contribution is -2.44. The van der Waals surface area contributed by atoms with E-state index in [9.17, 15) is 9.59 Å². The molecule has 1 fully saturated rings. The summed E-state index contributed by atoms with van der Waals surface area (Å²) < 4.78 is 5.57. The number of likely N-dealkylation sites (tertiary alicyclic amines) is 1. The molecule has 3 N–H and O–H groups in total. The summed E-state index contributed by atoms with van der Waals surface area (Å²) in [4.78, 5) is 29.5. The van der Waals surface area contributed by atoms with Crippen molar-refractivity contribution in [1.82, 2.24) is 15.1 Å². The summed E-state index contributed by atoms with van der Waals surface area (Å²) in [6.07, 6.45) is 9.07. The Morgan fingerprint density at radius 2 is 1.77 bits per heavy atom. The van der Waals surface area contributed by atoms with E-state index >= 15 is 0 Å². The fraction of sp³-hybridized carbons (Fsp3) is 0.543. The number of hydrogen-bond acceptors (Lipinski definition) is 5. The molecule has 0 aliphatic carbocycles. The van der Waals surface area contributed by atoms with Crippen molar-refractivity contribution >= 4 is 23.5 Å². The molecule has 0 saturated carbocycles. The summed E-state index contributed by atoms with van der Waals surface area (Å²) in [6, 6.07) is 3.76. The molecule has 3 rings (SSSR count). The number of amidine groups is 2. The van der Waals surface area contributed by atoms with Crippen LogP contribution in [-0.2, 0) is 17.8 Å². The van der Waals surface area contributed by atoms with E-state index in [-0.39, 0.29) is 17.4 Å². The number of carbonyl (C=O) groups is 2. The van der Waals surface area contributed by atoms with Crippen LogP contribution < -0.4 is 10.1 Å². The van der Waals surface area contributed by atoms with Gasteiger partial charge in [-0.05, 0) is 94.7 Å². The van der Waals surface area contributed by atoms with Gasteiger partial charge in [0.05, 0.1) is 12.7 Å². The van der Waals surface area contributed by atoms with Crippen LogP contribution in [0.5, 0.6) is 5.75 Å². The first-order chi connectivity index (χ1) is 20.1. The first-order valence-electron chi connectivity index (χ1n) is 15.4. The number of ether oxygens (including phenoxy) is 1. The summed E-state index contributed by atoms with van der Waals surface area (Å²) >= 11 is 0. The Balaban J connectivity index is 0.00000151. The molecule has 0 bridgehead atoms. The van der Waals surface area contributed by atoms with E-state index in [0.717, 1.165) is 47.5 Å². The number of allylic oxidation sites excluding steroid dienone is 4. The number of amides is 2. The maximum atomic E-state index is 13.4. The van der Waals surface area contributed by atoms with Gasteiger partial charge < -0.3 is 19.9 Å². The largest absolute Gasteiger partial charge is 0.496 e. The van der Waals surface area contributed by atoms with Gasteiger partial charge in [0.15, 0.2) is 0 Å². The van der Waals surface area contributed by atoms with E-state index in [2.05, 4.69) is 39.9 Å². The average Bonchev–Trinajstić information content (AvgIpc) is 3.21. The molecule has 0 atom stereocenters. The van der Waals surface area contributed by atoms with Crippen molar-refractivity contribution in [2.75, 3.05) is 13.7 Å². The second-order valence-electron chi connectivity index (χ2n) is 12.9. The van der Waals surface area contributed by atoms with Crippen LogP contribution in [-0.4, -0.2) is 52.5 Å². The highest BCUT2D eigenvalue weighted by Gasteiger charge is 2.38. The molecule has 1 aromatic carbocycles. The van der Waals surface area contributed by atoms with Crippen LogP contribution in [0.3, 0.4) is 0 Å². The summed E-state index contributed by atoms with van der Waals surface area (Å²) in [5.41, 5.74) is 4.57. The number of fused-ring (bicyclic) bond motifs is 1. The fourth-order valence-corrected chi connectivity index (χ4v) is 5.04. The zero-order valence-electron chi connectivity index (χ0n) is 28.0. The lowest BCUT2D eigenvalue weighted by molar-refractivity contribution is -0.132. The highest BCUT2D eigenvalue weighted by molar-refractivity contribution is 6.08. The molecule has 0 radical (unpaired) electrons. The van der Waals surface area contributed by atoms with Crippen molar-refractivity contribution in [3.8, 4) is 5.75 Å². The Morgan fingerprint density at radius 1 is 1.12 bits per heavy atom.